The molecule has 3 heteroatoms. The SMILES string of the molecule is CN1C=C(Br)C=C(Br)C1=C1CC1. The fraction of sp³-hybridized carbons (Fsp3) is 0.333. The average Bonchev–Trinajstić information content (AvgIpc) is 2.68. The van der Waals surface area contributed by atoms with E-state index >= 15 is 0 Å². The first-order chi connectivity index (χ1) is 5.68. The molecule has 64 valence electrons. The van der Waals surface area contributed by atoms with Crippen LogP contribution in [0.4, 0.5) is 0 Å². The number of hydrogen-bond acceptors (Lipinski definition) is 1. The number of allylic oxidation sites excluding steroid dienone is 4. The quantitative estimate of drug-likeness (QED) is 0.660. The van der Waals surface area contributed by atoms with E-state index in [1.54, 1.807) is 5.57 Å². The van der Waals surface area contributed by atoms with E-state index in [0.717, 1.165) is 4.48 Å². The molecule has 1 saturated carbocycles. The molecule has 0 atom stereocenters. The third-order valence-electron chi connectivity index (χ3n) is 2.00. The van der Waals surface area contributed by atoms with Crippen molar-refractivity contribution in [1.82, 2.24) is 4.90 Å². The molecule has 0 aromatic rings. The molecule has 2 rings (SSSR count). The molecule has 1 aliphatic carbocycles. The van der Waals surface area contributed by atoms with Crippen molar-refractivity contribution in [2.45, 2.75) is 12.8 Å². The average molecular weight is 291 g/mol. The molecular formula is C9H9Br2N. The minimum Gasteiger partial charge on any atom is -0.349 e. The molecule has 0 aromatic carbocycles. The predicted molar refractivity (Wildman–Crippen MR) is 58.0 cm³/mol. The van der Waals surface area contributed by atoms with Crippen LogP contribution in [0.5, 0.6) is 0 Å². The Labute approximate surface area is 89.1 Å². The van der Waals surface area contributed by atoms with Gasteiger partial charge >= 0.3 is 0 Å². The van der Waals surface area contributed by atoms with Gasteiger partial charge in [0, 0.05) is 22.2 Å². The zero-order chi connectivity index (χ0) is 8.72. The summed E-state index contributed by atoms with van der Waals surface area (Å²) in [4.78, 5) is 2.16. The number of halogens is 2. The summed E-state index contributed by atoms with van der Waals surface area (Å²) in [6.45, 7) is 0. The Hall–Kier alpha value is -0.0200. The van der Waals surface area contributed by atoms with E-state index in [-0.39, 0.29) is 0 Å². The van der Waals surface area contributed by atoms with Gasteiger partial charge in [-0.15, -0.1) is 0 Å². The Kier molecular flexibility index (Phi) is 2.17. The lowest BCUT2D eigenvalue weighted by Gasteiger charge is -2.22. The Morgan fingerprint density at radius 3 is 2.50 bits per heavy atom. The molecule has 0 unspecified atom stereocenters. The highest BCUT2D eigenvalue weighted by Crippen LogP contribution is 2.40. The van der Waals surface area contributed by atoms with Crippen molar-refractivity contribution in [3.63, 3.8) is 0 Å². The topological polar surface area (TPSA) is 3.24 Å². The highest BCUT2D eigenvalue weighted by atomic mass is 79.9. The van der Waals surface area contributed by atoms with E-state index in [0.29, 0.717) is 0 Å². The van der Waals surface area contributed by atoms with Crippen molar-refractivity contribution >= 4 is 31.9 Å². The van der Waals surface area contributed by atoms with Crippen LogP contribution in [0.3, 0.4) is 0 Å². The van der Waals surface area contributed by atoms with Crippen LogP contribution in [0, 0.1) is 0 Å². The van der Waals surface area contributed by atoms with Gasteiger partial charge in [-0.1, -0.05) is 0 Å². The van der Waals surface area contributed by atoms with Crippen molar-refractivity contribution in [2.24, 2.45) is 0 Å². The van der Waals surface area contributed by atoms with Crippen LogP contribution in [-0.2, 0) is 0 Å². The summed E-state index contributed by atoms with van der Waals surface area (Å²) in [6, 6.07) is 0. The van der Waals surface area contributed by atoms with Gasteiger partial charge in [-0.05, 0) is 56.4 Å². The van der Waals surface area contributed by atoms with Crippen molar-refractivity contribution in [3.05, 3.63) is 32.5 Å². The molecular weight excluding hydrogens is 282 g/mol. The van der Waals surface area contributed by atoms with E-state index in [9.17, 15) is 0 Å². The maximum atomic E-state index is 3.57. The molecule has 1 fully saturated rings. The summed E-state index contributed by atoms with van der Waals surface area (Å²) < 4.78 is 2.30. The minimum absolute atomic E-state index is 1.11. The molecule has 1 aliphatic heterocycles. The highest BCUT2D eigenvalue weighted by molar-refractivity contribution is 9.12. The summed E-state index contributed by atoms with van der Waals surface area (Å²) in [5, 5.41) is 0. The predicted octanol–water partition coefficient (Wildman–Crippen LogP) is 3.49. The van der Waals surface area contributed by atoms with Crippen LogP contribution >= 0.6 is 31.9 Å². The van der Waals surface area contributed by atoms with Crippen molar-refractivity contribution in [1.29, 1.82) is 0 Å². The fourth-order valence-corrected chi connectivity index (χ4v) is 3.01. The minimum atomic E-state index is 1.11. The first-order valence-electron chi connectivity index (χ1n) is 3.88. The second-order valence-electron chi connectivity index (χ2n) is 3.07. The summed E-state index contributed by atoms with van der Waals surface area (Å²) in [5.41, 5.74) is 2.90. The van der Waals surface area contributed by atoms with E-state index < -0.39 is 0 Å². The molecule has 0 aromatic heterocycles. The van der Waals surface area contributed by atoms with Gasteiger partial charge in [0.25, 0.3) is 0 Å². The van der Waals surface area contributed by atoms with Crippen LogP contribution in [0.25, 0.3) is 0 Å². The van der Waals surface area contributed by atoms with Gasteiger partial charge in [0.2, 0.25) is 0 Å². The second kappa shape index (κ2) is 3.04. The summed E-state index contributed by atoms with van der Waals surface area (Å²) in [6.07, 6.45) is 6.70. The van der Waals surface area contributed by atoms with Crippen molar-refractivity contribution < 1.29 is 0 Å². The Morgan fingerprint density at radius 2 is 2.00 bits per heavy atom. The Bertz CT molecular complexity index is 306. The number of likely N-dealkylation sites (N-methyl/N-ethyl adjacent to an activating group) is 1. The summed E-state index contributed by atoms with van der Waals surface area (Å²) in [5.74, 6) is 0. The van der Waals surface area contributed by atoms with Crippen LogP contribution in [0.1, 0.15) is 12.8 Å². The molecule has 0 saturated heterocycles. The molecule has 0 amide bonds. The summed E-state index contributed by atoms with van der Waals surface area (Å²) >= 11 is 7.02. The van der Waals surface area contributed by atoms with Gasteiger partial charge < -0.3 is 4.90 Å². The van der Waals surface area contributed by atoms with Crippen LogP contribution in [0.15, 0.2) is 32.5 Å². The molecule has 1 heterocycles. The second-order valence-corrected chi connectivity index (χ2v) is 4.84. The zero-order valence-electron chi connectivity index (χ0n) is 6.77. The third-order valence-corrected chi connectivity index (χ3v) is 3.03. The molecule has 12 heavy (non-hydrogen) atoms. The maximum Gasteiger partial charge on any atom is 0.0540 e. The van der Waals surface area contributed by atoms with E-state index in [2.05, 4.69) is 56.1 Å². The number of hydrogen-bond donors (Lipinski definition) is 0. The Morgan fingerprint density at radius 1 is 1.33 bits per heavy atom. The molecule has 0 radical (unpaired) electrons. The highest BCUT2D eigenvalue weighted by Gasteiger charge is 2.23. The van der Waals surface area contributed by atoms with Crippen LogP contribution in [-0.4, -0.2) is 11.9 Å². The van der Waals surface area contributed by atoms with Gasteiger partial charge in [0.05, 0.1) is 5.70 Å². The lowest BCUT2D eigenvalue weighted by atomic mass is 10.2. The molecule has 0 bridgehead atoms. The van der Waals surface area contributed by atoms with E-state index in [4.69, 9.17) is 0 Å². The first kappa shape index (κ1) is 8.57. The van der Waals surface area contributed by atoms with Gasteiger partial charge in [0.1, 0.15) is 0 Å². The Balaban J connectivity index is 2.40. The van der Waals surface area contributed by atoms with Gasteiger partial charge in [0.15, 0.2) is 0 Å². The fourth-order valence-electron chi connectivity index (χ4n) is 1.36. The van der Waals surface area contributed by atoms with Gasteiger partial charge in [-0.2, -0.15) is 0 Å². The van der Waals surface area contributed by atoms with E-state index in [1.807, 2.05) is 0 Å². The molecule has 2 aliphatic rings. The van der Waals surface area contributed by atoms with Crippen LogP contribution in [0.2, 0.25) is 0 Å². The molecule has 1 nitrogen and oxygen atoms in total. The zero-order valence-corrected chi connectivity index (χ0v) is 9.94. The lowest BCUT2D eigenvalue weighted by molar-refractivity contribution is 0.577. The largest absolute Gasteiger partial charge is 0.349 e. The monoisotopic (exact) mass is 289 g/mol. The van der Waals surface area contributed by atoms with E-state index in [1.165, 1.54) is 23.0 Å². The first-order valence-corrected chi connectivity index (χ1v) is 5.47. The number of nitrogens with zero attached hydrogens (tertiary/aromatic N) is 1. The molecule has 0 N–H and O–H groups in total. The maximum absolute atomic E-state index is 3.57. The van der Waals surface area contributed by atoms with Gasteiger partial charge in [-0.25, -0.2) is 0 Å². The normalized spacial score (nSPS) is 22.4. The lowest BCUT2D eigenvalue weighted by Crippen LogP contribution is -2.13. The van der Waals surface area contributed by atoms with Crippen molar-refractivity contribution in [3.8, 4) is 0 Å². The third kappa shape index (κ3) is 1.52. The number of rotatable bonds is 0. The van der Waals surface area contributed by atoms with Gasteiger partial charge in [-0.3, -0.25) is 0 Å². The molecule has 0 spiro atoms. The van der Waals surface area contributed by atoms with Crippen LogP contribution < -0.4 is 0 Å². The summed E-state index contributed by atoms with van der Waals surface area (Å²) in [7, 11) is 2.08. The standard InChI is InChI=1S/C9H9Br2N/c1-12-5-7(10)4-8(11)9(12)6-2-3-6/h4-5H,2-3H2,1H3. The van der Waals surface area contributed by atoms with Crippen molar-refractivity contribution in [2.75, 3.05) is 7.05 Å². The smallest absolute Gasteiger partial charge is 0.0540 e.